The number of aromatic nitrogens is 1. The molecule has 0 N–H and O–H groups in total. The summed E-state index contributed by atoms with van der Waals surface area (Å²) in [6.45, 7) is 0.793. The Balaban J connectivity index is 1.93. The lowest BCUT2D eigenvalue weighted by Gasteiger charge is -2.20. The Morgan fingerprint density at radius 3 is 2.56 bits per heavy atom. The van der Waals surface area contributed by atoms with Crippen LogP contribution in [0.1, 0.15) is 11.1 Å². The van der Waals surface area contributed by atoms with Gasteiger partial charge in [-0.3, -0.25) is 4.79 Å². The van der Waals surface area contributed by atoms with Gasteiger partial charge in [0.05, 0.1) is 19.0 Å². The summed E-state index contributed by atoms with van der Waals surface area (Å²) in [5.41, 5.74) is 2.35. The van der Waals surface area contributed by atoms with Crippen molar-refractivity contribution in [1.82, 2.24) is 4.57 Å². The molecule has 0 saturated heterocycles. The van der Waals surface area contributed by atoms with E-state index < -0.39 is 9.84 Å². The zero-order valence-electron chi connectivity index (χ0n) is 17.6. The smallest absolute Gasteiger partial charge is 0.254 e. The van der Waals surface area contributed by atoms with Gasteiger partial charge < -0.3 is 18.8 Å². The maximum Gasteiger partial charge on any atom is 0.254 e. The molecular formula is C23H22ClNO6S. The Hall–Kier alpha value is -2.81. The zero-order chi connectivity index (χ0) is 22.9. The average molecular weight is 476 g/mol. The average Bonchev–Trinajstić information content (AvgIpc) is 2.71. The maximum absolute atomic E-state index is 12.3. The van der Waals surface area contributed by atoms with E-state index in [2.05, 4.69) is 0 Å². The van der Waals surface area contributed by atoms with E-state index in [1.165, 1.54) is 16.9 Å². The Morgan fingerprint density at radius 1 is 1.00 bits per heavy atom. The van der Waals surface area contributed by atoms with Gasteiger partial charge in [0.1, 0.15) is 23.9 Å². The minimum atomic E-state index is -3.25. The van der Waals surface area contributed by atoms with E-state index >= 15 is 0 Å². The standard InChI is InChI=1S/C23H22ClNO6S/c1-25-12-19-18-9-15(14-32(2,27)28)3-5-21(18)31-20-6-4-17(24)10-16(20)13-29-7-8-30-22(19)11-23(25)26/h3-6,9-12H,7-8,13-14H2,1-2H3. The Kier molecular flexibility index (Phi) is 6.28. The molecule has 4 rings (SSSR count). The quantitative estimate of drug-likeness (QED) is 0.558. The number of rotatable bonds is 2. The van der Waals surface area contributed by atoms with Crippen LogP contribution in [0.4, 0.5) is 0 Å². The first-order chi connectivity index (χ1) is 15.2. The molecule has 32 heavy (non-hydrogen) atoms. The molecule has 0 fully saturated rings. The van der Waals surface area contributed by atoms with Crippen LogP contribution in [0.3, 0.4) is 0 Å². The Morgan fingerprint density at radius 2 is 1.78 bits per heavy atom. The lowest BCUT2D eigenvalue weighted by Crippen LogP contribution is -2.17. The number of hydrogen-bond donors (Lipinski definition) is 0. The largest absolute Gasteiger partial charge is 0.490 e. The van der Waals surface area contributed by atoms with Gasteiger partial charge >= 0.3 is 0 Å². The number of sulfone groups is 1. The maximum atomic E-state index is 12.3. The predicted molar refractivity (Wildman–Crippen MR) is 122 cm³/mol. The number of fused-ring (bicyclic) bond motifs is 4. The van der Waals surface area contributed by atoms with Gasteiger partial charge in [-0.25, -0.2) is 8.42 Å². The van der Waals surface area contributed by atoms with E-state index in [1.807, 2.05) is 0 Å². The zero-order valence-corrected chi connectivity index (χ0v) is 19.2. The van der Waals surface area contributed by atoms with E-state index in [0.717, 1.165) is 5.56 Å². The molecule has 1 aliphatic heterocycles. The predicted octanol–water partition coefficient (Wildman–Crippen LogP) is 3.95. The second-order valence-electron chi connectivity index (χ2n) is 7.66. The fraction of sp³-hybridized carbons (Fsp3) is 0.261. The van der Waals surface area contributed by atoms with Crippen molar-refractivity contribution in [3.05, 3.63) is 75.2 Å². The van der Waals surface area contributed by atoms with Crippen molar-refractivity contribution in [2.24, 2.45) is 7.05 Å². The molecule has 0 amide bonds. The van der Waals surface area contributed by atoms with Crippen molar-refractivity contribution in [2.75, 3.05) is 19.5 Å². The third-order valence-corrected chi connectivity index (χ3v) is 6.03. The topological polar surface area (TPSA) is 83.8 Å². The van der Waals surface area contributed by atoms with Gasteiger partial charge in [-0.1, -0.05) is 17.7 Å². The van der Waals surface area contributed by atoms with Crippen LogP contribution in [0.15, 0.2) is 53.5 Å². The monoisotopic (exact) mass is 475 g/mol. The van der Waals surface area contributed by atoms with Gasteiger partial charge in [-0.15, -0.1) is 0 Å². The van der Waals surface area contributed by atoms with Crippen molar-refractivity contribution in [3.8, 4) is 28.4 Å². The molecule has 168 valence electrons. The number of ether oxygens (including phenoxy) is 3. The lowest BCUT2D eigenvalue weighted by molar-refractivity contribution is 0.0878. The molecule has 0 bridgehead atoms. The molecular weight excluding hydrogens is 454 g/mol. The van der Waals surface area contributed by atoms with Gasteiger partial charge in [0, 0.05) is 47.3 Å². The Labute approximate surface area is 191 Å². The molecule has 0 radical (unpaired) electrons. The van der Waals surface area contributed by atoms with Crippen molar-refractivity contribution in [2.45, 2.75) is 12.4 Å². The minimum absolute atomic E-state index is 0.123. The SMILES string of the molecule is Cn1cc2c(cc1=O)OCCOCc1cc(Cl)ccc1Oc1ccc(CS(C)(=O)=O)cc1-2. The summed E-state index contributed by atoms with van der Waals surface area (Å²) >= 11 is 6.16. The van der Waals surface area contributed by atoms with E-state index in [4.69, 9.17) is 25.8 Å². The van der Waals surface area contributed by atoms with Crippen molar-refractivity contribution >= 4 is 21.4 Å². The van der Waals surface area contributed by atoms with Crippen molar-refractivity contribution < 1.29 is 22.6 Å². The van der Waals surface area contributed by atoms with Crippen molar-refractivity contribution in [3.63, 3.8) is 0 Å². The Bertz CT molecular complexity index is 1330. The van der Waals surface area contributed by atoms with Gasteiger partial charge in [0.25, 0.3) is 5.56 Å². The fourth-order valence-corrected chi connectivity index (χ4v) is 4.45. The normalized spacial score (nSPS) is 14.0. The molecule has 0 aliphatic carbocycles. The summed E-state index contributed by atoms with van der Waals surface area (Å²) in [4.78, 5) is 12.3. The lowest BCUT2D eigenvalue weighted by atomic mass is 10.0. The van der Waals surface area contributed by atoms with Crippen LogP contribution in [0.25, 0.3) is 11.1 Å². The highest BCUT2D eigenvalue weighted by molar-refractivity contribution is 7.89. The van der Waals surface area contributed by atoms with E-state index in [1.54, 1.807) is 49.6 Å². The fourth-order valence-electron chi connectivity index (χ4n) is 3.47. The van der Waals surface area contributed by atoms with Crippen molar-refractivity contribution in [1.29, 1.82) is 0 Å². The molecule has 0 atom stereocenters. The molecule has 0 saturated carbocycles. The summed E-state index contributed by atoms with van der Waals surface area (Å²) in [5, 5.41) is 0.559. The molecule has 2 aromatic carbocycles. The molecule has 3 aromatic rings. The molecule has 9 heteroatoms. The van der Waals surface area contributed by atoms with Gasteiger partial charge in [-0.05, 0) is 35.9 Å². The number of benzene rings is 2. The first kappa shape index (κ1) is 22.4. The molecule has 0 unspecified atom stereocenters. The van der Waals surface area contributed by atoms with Gasteiger partial charge in [0.2, 0.25) is 0 Å². The summed E-state index contributed by atoms with van der Waals surface area (Å²) in [6.07, 6.45) is 2.84. The van der Waals surface area contributed by atoms with E-state index in [9.17, 15) is 13.2 Å². The van der Waals surface area contributed by atoms with Crippen LogP contribution in [-0.2, 0) is 34.0 Å². The molecule has 2 heterocycles. The number of nitrogens with zero attached hydrogens (tertiary/aromatic N) is 1. The van der Waals surface area contributed by atoms with Crippen LogP contribution < -0.4 is 15.0 Å². The van der Waals surface area contributed by atoms with Crippen LogP contribution in [0.5, 0.6) is 17.2 Å². The number of pyridine rings is 1. The molecule has 1 aromatic heterocycles. The van der Waals surface area contributed by atoms with Crippen LogP contribution >= 0.6 is 11.6 Å². The second-order valence-corrected chi connectivity index (χ2v) is 10.2. The summed E-state index contributed by atoms with van der Waals surface area (Å²) < 4.78 is 43.0. The third kappa shape index (κ3) is 5.15. The highest BCUT2D eigenvalue weighted by atomic mass is 35.5. The summed E-state index contributed by atoms with van der Waals surface area (Å²) in [5.74, 6) is 1.30. The van der Waals surface area contributed by atoms with Gasteiger partial charge in [0.15, 0.2) is 9.84 Å². The van der Waals surface area contributed by atoms with Crippen LogP contribution in [-0.4, -0.2) is 32.5 Å². The van der Waals surface area contributed by atoms with Gasteiger partial charge in [-0.2, -0.15) is 0 Å². The number of halogens is 1. The minimum Gasteiger partial charge on any atom is -0.490 e. The highest BCUT2D eigenvalue weighted by Gasteiger charge is 2.19. The first-order valence-corrected chi connectivity index (χ1v) is 12.3. The first-order valence-electron chi connectivity index (χ1n) is 9.88. The molecule has 1 aliphatic rings. The second kappa shape index (κ2) is 8.97. The third-order valence-electron chi connectivity index (χ3n) is 4.94. The van der Waals surface area contributed by atoms with E-state index in [-0.39, 0.29) is 24.5 Å². The molecule has 0 spiro atoms. The highest BCUT2D eigenvalue weighted by Crippen LogP contribution is 2.40. The van der Waals surface area contributed by atoms with Crippen LogP contribution in [0.2, 0.25) is 5.02 Å². The number of aryl methyl sites for hydroxylation is 1. The summed E-state index contributed by atoms with van der Waals surface area (Å²) in [6, 6.07) is 11.8. The number of hydrogen-bond acceptors (Lipinski definition) is 6. The van der Waals surface area contributed by atoms with E-state index in [0.29, 0.717) is 45.6 Å². The summed E-state index contributed by atoms with van der Waals surface area (Å²) in [7, 11) is -1.61. The molecule has 7 nitrogen and oxygen atoms in total. The van der Waals surface area contributed by atoms with Crippen LogP contribution in [0, 0.1) is 0 Å².